The van der Waals surface area contributed by atoms with E-state index in [1.807, 2.05) is 6.92 Å². The van der Waals surface area contributed by atoms with Gasteiger partial charge in [0.15, 0.2) is 0 Å². The number of rotatable bonds is 5. The number of hydrogen-bond acceptors (Lipinski definition) is 5. The van der Waals surface area contributed by atoms with Gasteiger partial charge in [-0.05, 0) is 25.5 Å². The third-order valence-corrected chi connectivity index (χ3v) is 3.58. The van der Waals surface area contributed by atoms with Gasteiger partial charge in [-0.15, -0.1) is 0 Å². The Balaban J connectivity index is 2.24. The molecule has 0 aromatic heterocycles. The van der Waals surface area contributed by atoms with Gasteiger partial charge in [-0.2, -0.15) is 0 Å². The molecule has 1 saturated heterocycles. The lowest BCUT2D eigenvalue weighted by Gasteiger charge is -2.23. The quantitative estimate of drug-likeness (QED) is 0.662. The van der Waals surface area contributed by atoms with Gasteiger partial charge in [0.05, 0.1) is 17.6 Å². The molecule has 1 atom stereocenters. The second-order valence-corrected chi connectivity index (χ2v) is 4.95. The van der Waals surface area contributed by atoms with Gasteiger partial charge in [0.2, 0.25) is 0 Å². The van der Waals surface area contributed by atoms with Crippen molar-refractivity contribution in [2.75, 3.05) is 32.1 Å². The fourth-order valence-electron chi connectivity index (χ4n) is 2.35. The van der Waals surface area contributed by atoms with Crippen LogP contribution in [0.15, 0.2) is 18.2 Å². The summed E-state index contributed by atoms with van der Waals surface area (Å²) >= 11 is 0. The number of benzene rings is 1. The highest BCUT2D eigenvalue weighted by Crippen LogP contribution is 2.26. The summed E-state index contributed by atoms with van der Waals surface area (Å²) in [5, 5.41) is 14.0. The summed E-state index contributed by atoms with van der Waals surface area (Å²) in [6.45, 7) is 3.59. The highest BCUT2D eigenvalue weighted by Gasteiger charge is 2.26. The maximum absolute atomic E-state index is 12.4. The Labute approximate surface area is 123 Å². The summed E-state index contributed by atoms with van der Waals surface area (Å²) in [7, 11) is 1.70. The van der Waals surface area contributed by atoms with E-state index in [-0.39, 0.29) is 17.6 Å². The molecule has 7 nitrogen and oxygen atoms in total. The molecule has 0 radical (unpaired) electrons. The maximum Gasteiger partial charge on any atom is 0.293 e. The fraction of sp³-hybridized carbons (Fsp3) is 0.500. The molecule has 0 saturated carbocycles. The molecule has 1 N–H and O–H groups in total. The smallest absolute Gasteiger partial charge is 0.293 e. The molecule has 1 aromatic carbocycles. The minimum atomic E-state index is -0.479. The molecule has 7 heteroatoms. The molecule has 1 amide bonds. The number of hydrogen-bond donors (Lipinski definition) is 1. The molecule has 0 spiro atoms. The number of likely N-dealkylation sites (N-methyl/N-ethyl adjacent to an activating group) is 1. The zero-order valence-corrected chi connectivity index (χ0v) is 12.2. The third-order valence-electron chi connectivity index (χ3n) is 3.58. The largest absolute Gasteiger partial charge is 0.380 e. The Morgan fingerprint density at radius 1 is 1.57 bits per heavy atom. The SMILES string of the molecule is CCNc1ccc(C(=O)N(C)C2CCOC2)cc1[N+](=O)[O-]. The lowest BCUT2D eigenvalue weighted by atomic mass is 10.1. The lowest BCUT2D eigenvalue weighted by molar-refractivity contribution is -0.384. The Morgan fingerprint density at radius 2 is 2.33 bits per heavy atom. The molecule has 0 bridgehead atoms. The summed E-state index contributed by atoms with van der Waals surface area (Å²) in [5.41, 5.74) is 0.655. The molecule has 1 aromatic rings. The monoisotopic (exact) mass is 293 g/mol. The van der Waals surface area contributed by atoms with E-state index in [1.165, 1.54) is 6.07 Å². The Bertz CT molecular complexity index is 541. The van der Waals surface area contributed by atoms with E-state index >= 15 is 0 Å². The number of amides is 1. The second-order valence-electron chi connectivity index (χ2n) is 4.95. The van der Waals surface area contributed by atoms with Crippen molar-refractivity contribution in [1.29, 1.82) is 0 Å². The van der Waals surface area contributed by atoms with E-state index in [1.54, 1.807) is 24.1 Å². The van der Waals surface area contributed by atoms with Crippen molar-refractivity contribution in [3.05, 3.63) is 33.9 Å². The first-order valence-corrected chi connectivity index (χ1v) is 6.91. The number of nitro groups is 1. The molecular formula is C14H19N3O4. The summed E-state index contributed by atoms with van der Waals surface area (Å²) in [6.07, 6.45) is 0.791. The maximum atomic E-state index is 12.4. The molecule has 1 aliphatic rings. The van der Waals surface area contributed by atoms with E-state index in [2.05, 4.69) is 5.32 Å². The summed E-state index contributed by atoms with van der Waals surface area (Å²) in [6, 6.07) is 4.55. The normalized spacial score (nSPS) is 17.5. The second kappa shape index (κ2) is 6.53. The van der Waals surface area contributed by atoms with Crippen LogP contribution in [0.5, 0.6) is 0 Å². The molecule has 1 fully saturated rings. The van der Waals surface area contributed by atoms with Crippen molar-refractivity contribution >= 4 is 17.3 Å². The van der Waals surface area contributed by atoms with Crippen LogP contribution in [0.3, 0.4) is 0 Å². The Kier molecular flexibility index (Phi) is 4.74. The summed E-state index contributed by atoms with van der Waals surface area (Å²) < 4.78 is 5.27. The number of ether oxygens (including phenoxy) is 1. The number of anilines is 1. The van der Waals surface area contributed by atoms with E-state index < -0.39 is 4.92 Å². The summed E-state index contributed by atoms with van der Waals surface area (Å²) in [4.78, 5) is 24.6. The van der Waals surface area contributed by atoms with E-state index in [0.29, 0.717) is 31.0 Å². The van der Waals surface area contributed by atoms with Gasteiger partial charge in [0, 0.05) is 31.8 Å². The predicted molar refractivity (Wildman–Crippen MR) is 78.6 cm³/mol. The topological polar surface area (TPSA) is 84.7 Å². The average molecular weight is 293 g/mol. The van der Waals surface area contributed by atoms with Crippen LogP contribution in [0.4, 0.5) is 11.4 Å². The van der Waals surface area contributed by atoms with Crippen molar-refractivity contribution in [3.8, 4) is 0 Å². The molecule has 114 valence electrons. The van der Waals surface area contributed by atoms with Crippen LogP contribution >= 0.6 is 0 Å². The van der Waals surface area contributed by atoms with Crippen LogP contribution in [0.1, 0.15) is 23.7 Å². The standard InChI is InChI=1S/C14H19N3O4/c1-3-15-12-5-4-10(8-13(12)17(19)20)14(18)16(2)11-6-7-21-9-11/h4-5,8,11,15H,3,6-7,9H2,1-2H3. The molecular weight excluding hydrogens is 274 g/mol. The predicted octanol–water partition coefficient (Wildman–Crippen LogP) is 1.89. The van der Waals surface area contributed by atoms with Gasteiger partial charge in [0.1, 0.15) is 5.69 Å². The number of nitro benzene ring substituents is 1. The molecule has 1 heterocycles. The highest BCUT2D eigenvalue weighted by atomic mass is 16.6. The molecule has 1 unspecified atom stereocenters. The van der Waals surface area contributed by atoms with E-state index in [0.717, 1.165) is 6.42 Å². The minimum Gasteiger partial charge on any atom is -0.380 e. The van der Waals surface area contributed by atoms with Crippen LogP contribution in [-0.4, -0.2) is 48.6 Å². The molecule has 2 rings (SSSR count). The van der Waals surface area contributed by atoms with Gasteiger partial charge in [-0.1, -0.05) is 0 Å². The van der Waals surface area contributed by atoms with E-state index in [4.69, 9.17) is 4.74 Å². The molecule has 21 heavy (non-hydrogen) atoms. The van der Waals surface area contributed by atoms with Crippen molar-refractivity contribution in [3.63, 3.8) is 0 Å². The lowest BCUT2D eigenvalue weighted by Crippen LogP contribution is -2.37. The number of nitrogens with zero attached hydrogens (tertiary/aromatic N) is 2. The van der Waals surface area contributed by atoms with Gasteiger partial charge < -0.3 is 15.0 Å². The first-order valence-electron chi connectivity index (χ1n) is 6.91. The van der Waals surface area contributed by atoms with Gasteiger partial charge >= 0.3 is 0 Å². The summed E-state index contributed by atoms with van der Waals surface area (Å²) in [5.74, 6) is -0.225. The van der Waals surface area contributed by atoms with Crippen molar-refractivity contribution in [2.24, 2.45) is 0 Å². The number of nitrogens with one attached hydrogen (secondary N) is 1. The minimum absolute atomic E-state index is 0.0324. The van der Waals surface area contributed by atoms with Crippen LogP contribution in [-0.2, 0) is 4.74 Å². The highest BCUT2D eigenvalue weighted by molar-refractivity contribution is 5.95. The first kappa shape index (κ1) is 15.2. The van der Waals surface area contributed by atoms with Crippen molar-refractivity contribution in [1.82, 2.24) is 4.90 Å². The van der Waals surface area contributed by atoms with Gasteiger partial charge in [-0.25, -0.2) is 0 Å². The zero-order chi connectivity index (χ0) is 15.4. The van der Waals surface area contributed by atoms with Crippen molar-refractivity contribution in [2.45, 2.75) is 19.4 Å². The van der Waals surface area contributed by atoms with E-state index in [9.17, 15) is 14.9 Å². The van der Waals surface area contributed by atoms with Gasteiger partial charge in [-0.3, -0.25) is 14.9 Å². The molecule has 1 aliphatic heterocycles. The van der Waals surface area contributed by atoms with Crippen LogP contribution in [0.25, 0.3) is 0 Å². The molecule has 0 aliphatic carbocycles. The number of carbonyl (C=O) groups is 1. The van der Waals surface area contributed by atoms with Crippen LogP contribution in [0.2, 0.25) is 0 Å². The van der Waals surface area contributed by atoms with Crippen molar-refractivity contribution < 1.29 is 14.5 Å². The van der Waals surface area contributed by atoms with Crippen LogP contribution < -0.4 is 5.32 Å². The first-order chi connectivity index (χ1) is 10.0. The average Bonchev–Trinajstić information content (AvgIpc) is 3.00. The Morgan fingerprint density at radius 3 is 2.90 bits per heavy atom. The number of carbonyl (C=O) groups excluding carboxylic acids is 1. The third kappa shape index (κ3) is 3.30. The fourth-order valence-corrected chi connectivity index (χ4v) is 2.35. The Hall–Kier alpha value is -2.15. The van der Waals surface area contributed by atoms with Crippen LogP contribution in [0, 0.1) is 10.1 Å². The zero-order valence-electron chi connectivity index (χ0n) is 12.2. The van der Waals surface area contributed by atoms with Gasteiger partial charge in [0.25, 0.3) is 11.6 Å².